The van der Waals surface area contributed by atoms with Gasteiger partial charge >= 0.3 is 0 Å². The van der Waals surface area contributed by atoms with Crippen LogP contribution in [0, 0.1) is 6.92 Å². The van der Waals surface area contributed by atoms with Crippen molar-refractivity contribution in [1.29, 1.82) is 0 Å². The zero-order valence-corrected chi connectivity index (χ0v) is 20.4. The summed E-state index contributed by atoms with van der Waals surface area (Å²) in [5.41, 5.74) is 3.70. The van der Waals surface area contributed by atoms with Crippen LogP contribution in [0.3, 0.4) is 0 Å². The molecule has 1 N–H and O–H groups in total. The lowest BCUT2D eigenvalue weighted by molar-refractivity contribution is -0.135. The van der Waals surface area contributed by atoms with Gasteiger partial charge in [0.1, 0.15) is 12.4 Å². The number of carbonyl (C=O) groups is 2. The molecule has 0 aliphatic heterocycles. The normalized spacial score (nSPS) is 10.9. The summed E-state index contributed by atoms with van der Waals surface area (Å²) in [7, 11) is 0. The first-order chi connectivity index (χ1) is 16.4. The molecular formula is C27H28N4O2S. The van der Waals surface area contributed by atoms with E-state index in [-0.39, 0.29) is 24.4 Å². The van der Waals surface area contributed by atoms with Gasteiger partial charge in [-0.15, -0.1) is 11.3 Å². The van der Waals surface area contributed by atoms with Crippen molar-refractivity contribution < 1.29 is 9.59 Å². The molecule has 0 aliphatic carbocycles. The van der Waals surface area contributed by atoms with Crippen LogP contribution in [0.5, 0.6) is 0 Å². The van der Waals surface area contributed by atoms with Gasteiger partial charge in [0.25, 0.3) is 0 Å². The fraction of sp³-hybridized carbons (Fsp3) is 0.222. The predicted molar refractivity (Wildman–Crippen MR) is 137 cm³/mol. The van der Waals surface area contributed by atoms with Crippen molar-refractivity contribution in [3.63, 3.8) is 0 Å². The number of thiophene rings is 1. The van der Waals surface area contributed by atoms with Crippen LogP contribution >= 0.6 is 11.3 Å². The number of aromatic nitrogens is 2. The molecule has 34 heavy (non-hydrogen) atoms. The molecular weight excluding hydrogens is 444 g/mol. The van der Waals surface area contributed by atoms with Crippen LogP contribution in [0.1, 0.15) is 24.3 Å². The van der Waals surface area contributed by atoms with Crippen molar-refractivity contribution in [3.05, 3.63) is 88.6 Å². The highest BCUT2D eigenvalue weighted by molar-refractivity contribution is 7.10. The summed E-state index contributed by atoms with van der Waals surface area (Å²) in [6.45, 7) is 5.84. The van der Waals surface area contributed by atoms with Crippen LogP contribution in [-0.4, -0.2) is 39.1 Å². The highest BCUT2D eigenvalue weighted by atomic mass is 32.1. The number of aryl methyl sites for hydroxylation is 1. The van der Waals surface area contributed by atoms with Crippen LogP contribution in [-0.2, 0) is 16.0 Å². The first-order valence-electron chi connectivity index (χ1n) is 11.2. The van der Waals surface area contributed by atoms with Gasteiger partial charge < -0.3 is 10.2 Å². The monoisotopic (exact) mass is 472 g/mol. The average Bonchev–Trinajstić information content (AvgIpc) is 3.48. The minimum Gasteiger partial charge on any atom is -0.331 e. The molecule has 2 amide bonds. The van der Waals surface area contributed by atoms with Crippen molar-refractivity contribution in [2.24, 2.45) is 0 Å². The number of carbonyl (C=O) groups excluding carboxylic acids is 2. The van der Waals surface area contributed by atoms with E-state index in [1.165, 1.54) is 0 Å². The highest BCUT2D eigenvalue weighted by Gasteiger charge is 2.22. The number of hydrogen-bond acceptors (Lipinski definition) is 4. The number of nitrogens with zero attached hydrogens (tertiary/aromatic N) is 3. The van der Waals surface area contributed by atoms with Gasteiger partial charge in [-0.1, -0.05) is 54.1 Å². The van der Waals surface area contributed by atoms with Crippen LogP contribution in [0.15, 0.2) is 78.2 Å². The lowest BCUT2D eigenvalue weighted by Crippen LogP contribution is -2.43. The Morgan fingerprint density at radius 1 is 1.03 bits per heavy atom. The van der Waals surface area contributed by atoms with Crippen molar-refractivity contribution in [2.75, 3.05) is 11.9 Å². The summed E-state index contributed by atoms with van der Waals surface area (Å²) in [4.78, 5) is 28.6. The van der Waals surface area contributed by atoms with Gasteiger partial charge in [-0.05, 0) is 44.4 Å². The standard InChI is InChI=1S/C27H28N4O2S/c1-19(2)30(27(33)16-23-10-7-15-34-23)18-26(32)28-25-17-24(21-8-5-4-6-9-21)29-31(25)22-13-11-20(3)12-14-22/h4-15,17,19H,16,18H2,1-3H3,(H,28,32). The van der Waals surface area contributed by atoms with Gasteiger partial charge in [-0.3, -0.25) is 9.59 Å². The molecule has 7 heteroatoms. The number of benzene rings is 2. The molecule has 2 aromatic carbocycles. The Labute approximate surface area is 203 Å². The first kappa shape index (κ1) is 23.4. The molecule has 2 aromatic heterocycles. The summed E-state index contributed by atoms with van der Waals surface area (Å²) in [5.74, 6) is 0.229. The summed E-state index contributed by atoms with van der Waals surface area (Å²) in [5, 5.41) is 9.69. The summed E-state index contributed by atoms with van der Waals surface area (Å²) in [6, 6.07) is 23.4. The first-order valence-corrected chi connectivity index (χ1v) is 12.1. The SMILES string of the molecule is Cc1ccc(-n2nc(-c3ccccc3)cc2NC(=O)CN(C(=O)Cc2cccs2)C(C)C)cc1. The largest absolute Gasteiger partial charge is 0.331 e. The lowest BCUT2D eigenvalue weighted by atomic mass is 10.1. The molecule has 0 aliphatic rings. The Morgan fingerprint density at radius 3 is 2.41 bits per heavy atom. The minimum atomic E-state index is -0.263. The van der Waals surface area contributed by atoms with Gasteiger partial charge in [0, 0.05) is 22.5 Å². The molecule has 4 rings (SSSR count). The second-order valence-electron chi connectivity index (χ2n) is 8.45. The van der Waals surface area contributed by atoms with E-state index in [9.17, 15) is 9.59 Å². The second-order valence-corrected chi connectivity index (χ2v) is 9.48. The summed E-state index contributed by atoms with van der Waals surface area (Å²) < 4.78 is 1.73. The van der Waals surface area contributed by atoms with E-state index in [4.69, 9.17) is 5.10 Å². The van der Waals surface area contributed by atoms with Crippen molar-refractivity contribution in [3.8, 4) is 16.9 Å². The Bertz CT molecular complexity index is 1250. The van der Waals surface area contributed by atoms with E-state index in [1.54, 1.807) is 20.9 Å². The molecule has 0 bridgehead atoms. The third-order valence-corrected chi connectivity index (χ3v) is 6.36. The van der Waals surface area contributed by atoms with E-state index in [1.807, 2.05) is 98.9 Å². The molecule has 0 radical (unpaired) electrons. The number of rotatable bonds is 8. The zero-order valence-electron chi connectivity index (χ0n) is 19.6. The van der Waals surface area contributed by atoms with Crippen LogP contribution in [0.25, 0.3) is 16.9 Å². The number of amides is 2. The number of anilines is 1. The summed E-state index contributed by atoms with van der Waals surface area (Å²) >= 11 is 1.54. The van der Waals surface area contributed by atoms with Gasteiger partial charge in [-0.2, -0.15) is 5.10 Å². The molecule has 0 saturated carbocycles. The maximum absolute atomic E-state index is 13.1. The van der Waals surface area contributed by atoms with Crippen LogP contribution in [0.4, 0.5) is 5.82 Å². The molecule has 6 nitrogen and oxygen atoms in total. The molecule has 0 fully saturated rings. The van der Waals surface area contributed by atoms with E-state index in [2.05, 4.69) is 5.32 Å². The third kappa shape index (κ3) is 5.61. The minimum absolute atomic E-state index is 0.0262. The highest BCUT2D eigenvalue weighted by Crippen LogP contribution is 2.25. The molecule has 2 heterocycles. The fourth-order valence-corrected chi connectivity index (χ4v) is 4.36. The zero-order chi connectivity index (χ0) is 24.1. The predicted octanol–water partition coefficient (Wildman–Crippen LogP) is 5.33. The van der Waals surface area contributed by atoms with E-state index in [0.29, 0.717) is 12.2 Å². The Balaban J connectivity index is 1.57. The fourth-order valence-electron chi connectivity index (χ4n) is 3.66. The Kier molecular flexibility index (Phi) is 7.23. The third-order valence-electron chi connectivity index (χ3n) is 5.49. The average molecular weight is 473 g/mol. The van der Waals surface area contributed by atoms with Crippen molar-refractivity contribution >= 4 is 29.0 Å². The van der Waals surface area contributed by atoms with E-state index < -0.39 is 0 Å². The second kappa shape index (κ2) is 10.5. The smallest absolute Gasteiger partial charge is 0.245 e. The Hall–Kier alpha value is -3.71. The van der Waals surface area contributed by atoms with Gasteiger partial charge in [-0.25, -0.2) is 4.68 Å². The molecule has 0 unspecified atom stereocenters. The van der Waals surface area contributed by atoms with Crippen molar-refractivity contribution in [2.45, 2.75) is 33.2 Å². The molecule has 0 saturated heterocycles. The van der Waals surface area contributed by atoms with Crippen LogP contribution in [0.2, 0.25) is 0 Å². The summed E-state index contributed by atoms with van der Waals surface area (Å²) in [6.07, 6.45) is 0.294. The maximum Gasteiger partial charge on any atom is 0.245 e. The Morgan fingerprint density at radius 2 is 1.76 bits per heavy atom. The topological polar surface area (TPSA) is 67.2 Å². The van der Waals surface area contributed by atoms with Crippen LogP contribution < -0.4 is 5.32 Å². The quantitative estimate of drug-likeness (QED) is 0.377. The molecule has 0 atom stereocenters. The van der Waals surface area contributed by atoms with E-state index >= 15 is 0 Å². The number of hydrogen-bond donors (Lipinski definition) is 1. The van der Waals surface area contributed by atoms with Gasteiger partial charge in [0.05, 0.1) is 17.8 Å². The van der Waals surface area contributed by atoms with E-state index in [0.717, 1.165) is 27.4 Å². The lowest BCUT2D eigenvalue weighted by Gasteiger charge is -2.26. The maximum atomic E-state index is 13.1. The number of nitrogens with one attached hydrogen (secondary N) is 1. The van der Waals surface area contributed by atoms with Gasteiger partial charge in [0.15, 0.2) is 0 Å². The van der Waals surface area contributed by atoms with Crippen molar-refractivity contribution in [1.82, 2.24) is 14.7 Å². The molecule has 174 valence electrons. The molecule has 0 spiro atoms. The molecule has 4 aromatic rings. The van der Waals surface area contributed by atoms with Gasteiger partial charge in [0.2, 0.25) is 11.8 Å².